The first-order valence-electron chi connectivity index (χ1n) is 12.7. The molecule has 3 aromatic rings. The third-order valence-corrected chi connectivity index (χ3v) is 8.71. The lowest BCUT2D eigenvalue weighted by Gasteiger charge is -2.53. The van der Waals surface area contributed by atoms with Crippen molar-refractivity contribution >= 4 is 39.7 Å². The molecule has 2 aliphatic rings. The van der Waals surface area contributed by atoms with Gasteiger partial charge in [-0.1, -0.05) is 91.0 Å². The SMILES string of the molecule is CS(=O)(=O)OC1CC(C(=O)OC(c2ccccc2)c2ccccc2)N2C(=O)[C@@H](NC(=O)Cc3ccccc3)[C@H]2S1. The van der Waals surface area contributed by atoms with Gasteiger partial charge in [0.15, 0.2) is 6.10 Å². The lowest BCUT2D eigenvalue weighted by Crippen LogP contribution is -2.75. The molecule has 1 N–H and O–H groups in total. The van der Waals surface area contributed by atoms with E-state index in [1.165, 1.54) is 4.90 Å². The summed E-state index contributed by atoms with van der Waals surface area (Å²) in [5, 5.41) is 2.04. The Kier molecular flexibility index (Phi) is 8.24. The van der Waals surface area contributed by atoms with Crippen LogP contribution in [-0.2, 0) is 39.8 Å². The monoisotopic (exact) mass is 580 g/mol. The van der Waals surface area contributed by atoms with E-state index in [1.54, 1.807) is 0 Å². The van der Waals surface area contributed by atoms with E-state index >= 15 is 0 Å². The lowest BCUT2D eigenvalue weighted by molar-refractivity contribution is -0.169. The number of rotatable bonds is 9. The largest absolute Gasteiger partial charge is 0.451 e. The number of β-lactam (4-membered cyclic amide) rings is 1. The van der Waals surface area contributed by atoms with Gasteiger partial charge in [-0.15, -0.1) is 11.8 Å². The molecular formula is C29H28N2O7S2. The fourth-order valence-corrected chi connectivity index (χ4v) is 7.26. The van der Waals surface area contributed by atoms with Crippen molar-refractivity contribution in [2.24, 2.45) is 0 Å². The summed E-state index contributed by atoms with van der Waals surface area (Å²) in [4.78, 5) is 41.0. The minimum absolute atomic E-state index is 0.0760. The fraction of sp³-hybridized carbons (Fsp3) is 0.276. The molecule has 2 saturated heterocycles. The van der Waals surface area contributed by atoms with Crippen LogP contribution in [0.25, 0.3) is 0 Å². The molecule has 0 spiro atoms. The minimum Gasteiger partial charge on any atom is -0.451 e. The molecule has 0 aromatic heterocycles. The van der Waals surface area contributed by atoms with Crippen LogP contribution in [0.2, 0.25) is 0 Å². The van der Waals surface area contributed by atoms with Gasteiger partial charge in [0.1, 0.15) is 22.9 Å². The fourth-order valence-electron chi connectivity index (χ4n) is 4.85. The number of nitrogens with zero attached hydrogens (tertiary/aromatic N) is 1. The molecule has 2 amide bonds. The topological polar surface area (TPSA) is 119 Å². The summed E-state index contributed by atoms with van der Waals surface area (Å²) >= 11 is 1.08. The Morgan fingerprint density at radius 3 is 2.05 bits per heavy atom. The van der Waals surface area contributed by atoms with Gasteiger partial charge in [-0.3, -0.25) is 13.8 Å². The van der Waals surface area contributed by atoms with Crippen LogP contribution in [0, 0.1) is 0 Å². The van der Waals surface area contributed by atoms with Crippen LogP contribution in [0.15, 0.2) is 91.0 Å². The van der Waals surface area contributed by atoms with E-state index in [0.717, 1.165) is 34.7 Å². The van der Waals surface area contributed by atoms with Crippen molar-refractivity contribution in [2.75, 3.05) is 6.26 Å². The first-order valence-corrected chi connectivity index (χ1v) is 15.4. The Hall–Kier alpha value is -3.67. The van der Waals surface area contributed by atoms with Crippen LogP contribution >= 0.6 is 11.8 Å². The second kappa shape index (κ2) is 11.8. The number of amides is 2. The summed E-state index contributed by atoms with van der Waals surface area (Å²) in [7, 11) is -3.86. The minimum atomic E-state index is -3.86. The van der Waals surface area contributed by atoms with Gasteiger partial charge in [0.2, 0.25) is 11.8 Å². The van der Waals surface area contributed by atoms with Gasteiger partial charge < -0.3 is 15.0 Å². The number of fused-ring (bicyclic) bond motifs is 1. The van der Waals surface area contributed by atoms with Gasteiger partial charge in [0.05, 0.1) is 12.7 Å². The van der Waals surface area contributed by atoms with E-state index in [1.807, 2.05) is 91.0 Å². The standard InChI is InChI=1S/C29H28N2O7S2/c1-40(35,36)38-24-18-22(29(34)37-26(20-13-7-3-8-14-20)21-15-9-4-10-16-21)31-27(33)25(28(31)39-24)30-23(32)17-19-11-5-2-6-12-19/h2-16,22,24-26,28H,17-18H2,1H3,(H,30,32)/t22?,24?,25-,28-/m1/s1. The highest BCUT2D eigenvalue weighted by atomic mass is 32.2. The Balaban J connectivity index is 1.36. The average molecular weight is 581 g/mol. The molecule has 2 unspecified atom stereocenters. The van der Waals surface area contributed by atoms with Crippen LogP contribution in [0.5, 0.6) is 0 Å². The van der Waals surface area contributed by atoms with Crippen molar-refractivity contribution in [1.82, 2.24) is 10.2 Å². The normalized spacial score (nSPS) is 22.2. The number of hydrogen-bond acceptors (Lipinski definition) is 8. The number of esters is 1. The van der Waals surface area contributed by atoms with Crippen molar-refractivity contribution in [3.8, 4) is 0 Å². The number of thioether (sulfide) groups is 1. The molecule has 2 fully saturated rings. The molecule has 0 saturated carbocycles. The molecule has 9 nitrogen and oxygen atoms in total. The van der Waals surface area contributed by atoms with E-state index in [2.05, 4.69) is 5.32 Å². The summed E-state index contributed by atoms with van der Waals surface area (Å²) in [5.74, 6) is -1.48. The highest BCUT2D eigenvalue weighted by molar-refractivity contribution is 8.01. The third kappa shape index (κ3) is 6.38. The summed E-state index contributed by atoms with van der Waals surface area (Å²) in [6, 6.07) is 25.5. The van der Waals surface area contributed by atoms with E-state index < -0.39 is 51.0 Å². The van der Waals surface area contributed by atoms with Crippen LogP contribution in [0.1, 0.15) is 29.2 Å². The molecule has 2 heterocycles. The Bertz CT molecular complexity index is 1430. The van der Waals surface area contributed by atoms with Gasteiger partial charge in [0.25, 0.3) is 10.1 Å². The summed E-state index contributed by atoms with van der Waals surface area (Å²) in [6.07, 6.45) is 0.181. The zero-order valence-corrected chi connectivity index (χ0v) is 23.2. The van der Waals surface area contributed by atoms with Crippen LogP contribution < -0.4 is 5.32 Å². The number of benzene rings is 3. The molecular weight excluding hydrogens is 552 g/mol. The first-order chi connectivity index (χ1) is 19.2. The summed E-state index contributed by atoms with van der Waals surface area (Å²) in [6.45, 7) is 0. The van der Waals surface area contributed by atoms with Crippen molar-refractivity contribution in [1.29, 1.82) is 0 Å². The van der Waals surface area contributed by atoms with Crippen molar-refractivity contribution in [2.45, 2.75) is 41.8 Å². The van der Waals surface area contributed by atoms with E-state index in [4.69, 9.17) is 8.92 Å². The van der Waals surface area contributed by atoms with Crippen molar-refractivity contribution in [3.05, 3.63) is 108 Å². The molecule has 11 heteroatoms. The number of ether oxygens (including phenoxy) is 1. The molecule has 0 radical (unpaired) electrons. The zero-order chi connectivity index (χ0) is 28.3. The predicted octanol–water partition coefficient (Wildman–Crippen LogP) is 3.02. The average Bonchev–Trinajstić information content (AvgIpc) is 2.94. The summed E-state index contributed by atoms with van der Waals surface area (Å²) in [5.41, 5.74) is 1.33. The number of nitrogens with one attached hydrogen (secondary N) is 1. The smallest absolute Gasteiger partial charge is 0.329 e. The van der Waals surface area contributed by atoms with Gasteiger partial charge >= 0.3 is 5.97 Å². The van der Waals surface area contributed by atoms with Gasteiger partial charge in [0, 0.05) is 6.42 Å². The Labute approximate surface area is 237 Å². The molecule has 2 aliphatic heterocycles. The third-order valence-electron chi connectivity index (χ3n) is 6.64. The molecule has 208 valence electrons. The second-order valence-corrected chi connectivity index (χ2v) is 12.5. The quantitative estimate of drug-likeness (QED) is 0.233. The maximum Gasteiger partial charge on any atom is 0.329 e. The van der Waals surface area contributed by atoms with Gasteiger partial charge in [-0.25, -0.2) is 4.79 Å². The first kappa shape index (κ1) is 27.9. The van der Waals surface area contributed by atoms with E-state index in [0.29, 0.717) is 0 Å². The van der Waals surface area contributed by atoms with Crippen LogP contribution in [-0.4, -0.2) is 60.3 Å². The van der Waals surface area contributed by atoms with Crippen LogP contribution in [0.3, 0.4) is 0 Å². The van der Waals surface area contributed by atoms with Crippen molar-refractivity contribution < 1.29 is 31.7 Å². The predicted molar refractivity (Wildman–Crippen MR) is 149 cm³/mol. The summed E-state index contributed by atoms with van der Waals surface area (Å²) < 4.78 is 35.2. The Morgan fingerprint density at radius 2 is 1.50 bits per heavy atom. The van der Waals surface area contributed by atoms with Gasteiger partial charge in [-0.05, 0) is 16.7 Å². The highest BCUT2D eigenvalue weighted by Gasteiger charge is 2.58. The number of carbonyl (C=O) groups excluding carboxylic acids is 3. The van der Waals surface area contributed by atoms with Crippen molar-refractivity contribution in [3.63, 3.8) is 0 Å². The maximum atomic E-state index is 13.7. The molecule has 5 rings (SSSR count). The second-order valence-electron chi connectivity index (χ2n) is 9.60. The molecule has 0 aliphatic carbocycles. The van der Waals surface area contributed by atoms with Gasteiger partial charge in [-0.2, -0.15) is 8.42 Å². The molecule has 4 atom stereocenters. The van der Waals surface area contributed by atoms with E-state index in [-0.39, 0.29) is 18.7 Å². The van der Waals surface area contributed by atoms with Crippen LogP contribution in [0.4, 0.5) is 0 Å². The maximum absolute atomic E-state index is 13.7. The molecule has 40 heavy (non-hydrogen) atoms. The highest BCUT2D eigenvalue weighted by Crippen LogP contribution is 2.43. The van der Waals surface area contributed by atoms with E-state index in [9.17, 15) is 22.8 Å². The number of hydrogen-bond donors (Lipinski definition) is 1. The lowest BCUT2D eigenvalue weighted by atomic mass is 9.99. The zero-order valence-electron chi connectivity index (χ0n) is 21.6. The molecule has 0 bridgehead atoms. The number of carbonyl (C=O) groups is 3. The molecule has 3 aromatic carbocycles. The Morgan fingerprint density at radius 1 is 0.950 bits per heavy atom.